The van der Waals surface area contributed by atoms with Crippen molar-refractivity contribution in [2.45, 2.75) is 19.5 Å². The van der Waals surface area contributed by atoms with E-state index in [2.05, 4.69) is 6.07 Å². The highest BCUT2D eigenvalue weighted by molar-refractivity contribution is 8.18. The van der Waals surface area contributed by atoms with Gasteiger partial charge in [0.15, 0.2) is 0 Å². The summed E-state index contributed by atoms with van der Waals surface area (Å²) in [7, 11) is 0. The van der Waals surface area contributed by atoms with Gasteiger partial charge in [0.05, 0.1) is 9.83 Å². The van der Waals surface area contributed by atoms with Crippen LogP contribution in [0.3, 0.4) is 0 Å². The van der Waals surface area contributed by atoms with Gasteiger partial charge in [0.2, 0.25) is 5.91 Å². The average molecular weight is 553 g/mol. The van der Waals surface area contributed by atoms with Gasteiger partial charge in [-0.25, -0.2) is 0 Å². The van der Waals surface area contributed by atoms with Gasteiger partial charge >= 0.3 is 0 Å². The molecule has 1 aromatic heterocycles. The zero-order valence-electron chi connectivity index (χ0n) is 21.4. The highest BCUT2D eigenvalue weighted by Gasteiger charge is 2.37. The molecule has 1 fully saturated rings. The molecule has 200 valence electrons. The maximum absolute atomic E-state index is 13.2. The van der Waals surface area contributed by atoms with Crippen LogP contribution < -0.4 is 0 Å². The Hall–Kier alpha value is -4.70. The predicted molar refractivity (Wildman–Crippen MR) is 152 cm³/mol. The van der Waals surface area contributed by atoms with Crippen molar-refractivity contribution in [3.05, 3.63) is 116 Å². The molecule has 3 aromatic carbocycles. The van der Waals surface area contributed by atoms with Crippen molar-refractivity contribution in [1.82, 2.24) is 14.4 Å². The van der Waals surface area contributed by atoms with Gasteiger partial charge in [0, 0.05) is 54.4 Å². The van der Waals surface area contributed by atoms with Gasteiger partial charge in [-0.3, -0.25) is 29.4 Å². The number of fused-ring (bicyclic) bond motifs is 2. The second-order valence-electron chi connectivity index (χ2n) is 9.75. The second kappa shape index (κ2) is 10.5. The Morgan fingerprint density at radius 1 is 0.975 bits per heavy atom. The predicted octanol–water partition coefficient (Wildman–Crippen LogP) is 5.22. The third kappa shape index (κ3) is 4.89. The molecule has 2 aliphatic heterocycles. The molecule has 0 N–H and O–H groups in total. The van der Waals surface area contributed by atoms with Crippen LogP contribution >= 0.6 is 11.8 Å². The summed E-state index contributed by atoms with van der Waals surface area (Å²) in [4.78, 5) is 52.6. The first-order chi connectivity index (χ1) is 19.4. The van der Waals surface area contributed by atoms with Crippen LogP contribution in [0.1, 0.15) is 22.3 Å². The number of aromatic nitrogens is 1. The van der Waals surface area contributed by atoms with Crippen LogP contribution in [-0.2, 0) is 29.1 Å². The molecule has 10 heteroatoms. The Balaban J connectivity index is 1.21. The molecule has 2 aliphatic rings. The summed E-state index contributed by atoms with van der Waals surface area (Å²) >= 11 is 0.835. The monoisotopic (exact) mass is 552 g/mol. The Morgan fingerprint density at radius 2 is 1.70 bits per heavy atom. The maximum Gasteiger partial charge on any atom is 0.294 e. The molecular weight excluding hydrogens is 528 g/mol. The van der Waals surface area contributed by atoms with E-state index >= 15 is 0 Å². The number of nitrogens with zero attached hydrogens (tertiary/aromatic N) is 4. The molecule has 1 saturated heterocycles. The minimum atomic E-state index is -0.479. The van der Waals surface area contributed by atoms with Gasteiger partial charge in [-0.05, 0) is 47.0 Å². The lowest BCUT2D eigenvalue weighted by atomic mass is 10.00. The number of hydrogen-bond donors (Lipinski definition) is 0. The topological polar surface area (TPSA) is 106 Å². The van der Waals surface area contributed by atoms with Crippen LogP contribution in [0.5, 0.6) is 0 Å². The van der Waals surface area contributed by atoms with Crippen LogP contribution in [-0.4, -0.2) is 49.4 Å². The number of nitro groups is 1. The number of hydrogen-bond acceptors (Lipinski definition) is 6. The quantitative estimate of drug-likeness (QED) is 0.185. The smallest absolute Gasteiger partial charge is 0.294 e. The van der Waals surface area contributed by atoms with Gasteiger partial charge in [-0.15, -0.1) is 0 Å². The van der Waals surface area contributed by atoms with Crippen LogP contribution in [0.4, 0.5) is 10.5 Å². The van der Waals surface area contributed by atoms with Crippen LogP contribution in [0.2, 0.25) is 0 Å². The second-order valence-corrected chi connectivity index (χ2v) is 10.7. The number of para-hydroxylation sites is 1. The third-order valence-corrected chi connectivity index (χ3v) is 8.16. The molecule has 0 aliphatic carbocycles. The summed E-state index contributed by atoms with van der Waals surface area (Å²) in [5.74, 6) is -0.731. The zero-order valence-corrected chi connectivity index (χ0v) is 22.2. The third-order valence-electron chi connectivity index (χ3n) is 7.26. The molecule has 3 heterocycles. The van der Waals surface area contributed by atoms with Crippen molar-refractivity contribution in [3.8, 4) is 0 Å². The molecule has 3 amide bonds. The molecule has 0 saturated carbocycles. The molecule has 0 bridgehead atoms. The van der Waals surface area contributed by atoms with E-state index in [1.54, 1.807) is 23.1 Å². The van der Waals surface area contributed by atoms with E-state index in [0.717, 1.165) is 50.7 Å². The molecule has 9 nitrogen and oxygen atoms in total. The molecule has 0 radical (unpaired) electrons. The first kappa shape index (κ1) is 25.6. The number of nitro benzene ring substituents is 1. The van der Waals surface area contributed by atoms with E-state index in [-0.39, 0.29) is 23.0 Å². The van der Waals surface area contributed by atoms with Gasteiger partial charge in [-0.2, -0.15) is 0 Å². The number of carbonyl (C=O) groups is 3. The fraction of sp³-hybridized carbons (Fsp3) is 0.167. The van der Waals surface area contributed by atoms with E-state index in [1.807, 2.05) is 53.2 Å². The lowest BCUT2D eigenvalue weighted by Gasteiger charge is -2.29. The first-order valence-electron chi connectivity index (χ1n) is 12.8. The first-order valence-corrected chi connectivity index (χ1v) is 13.6. The van der Waals surface area contributed by atoms with E-state index in [0.29, 0.717) is 19.6 Å². The normalized spacial score (nSPS) is 16.1. The summed E-state index contributed by atoms with van der Waals surface area (Å²) in [6.45, 7) is 1.21. The van der Waals surface area contributed by atoms with E-state index in [4.69, 9.17) is 0 Å². The van der Waals surface area contributed by atoms with Crippen molar-refractivity contribution in [3.63, 3.8) is 0 Å². The standard InChI is InChI=1S/C30H24N4O5S/c35-28(31-14-13-21-5-1-2-6-22(21)17-31)19-33-29(36)27(40-30(33)37)15-23-18-32(26-8-4-3-7-25(23)26)16-20-9-11-24(12-10-20)34(38)39/h1-12,15,18H,13-14,16-17,19H2/b27-15-. The molecule has 40 heavy (non-hydrogen) atoms. The molecule has 0 atom stereocenters. The average Bonchev–Trinajstić information content (AvgIpc) is 3.44. The van der Waals surface area contributed by atoms with Gasteiger partial charge in [0.25, 0.3) is 16.8 Å². The summed E-state index contributed by atoms with van der Waals surface area (Å²) < 4.78 is 2.00. The highest BCUT2D eigenvalue weighted by Crippen LogP contribution is 2.34. The minimum Gasteiger partial charge on any atom is -0.342 e. The summed E-state index contributed by atoms with van der Waals surface area (Å²) in [6.07, 6.45) is 4.34. The van der Waals surface area contributed by atoms with Crippen LogP contribution in [0, 0.1) is 10.1 Å². The van der Waals surface area contributed by atoms with Gasteiger partial charge < -0.3 is 9.47 Å². The Kier molecular flexibility index (Phi) is 6.69. The van der Waals surface area contributed by atoms with E-state index < -0.39 is 16.1 Å². The minimum absolute atomic E-state index is 0.0288. The van der Waals surface area contributed by atoms with Crippen molar-refractivity contribution in [2.75, 3.05) is 13.1 Å². The van der Waals surface area contributed by atoms with Crippen molar-refractivity contribution >= 4 is 51.5 Å². The number of rotatable bonds is 6. The SMILES string of the molecule is O=C(CN1C(=O)S/C(=C\c2cn(Cc3ccc([N+](=O)[O-])cc3)c3ccccc23)C1=O)N1CCc2ccccc2C1. The van der Waals surface area contributed by atoms with E-state index in [9.17, 15) is 24.5 Å². The Morgan fingerprint density at radius 3 is 2.48 bits per heavy atom. The van der Waals surface area contributed by atoms with Crippen molar-refractivity contribution < 1.29 is 19.3 Å². The number of thioether (sulfide) groups is 1. The number of benzene rings is 3. The van der Waals surface area contributed by atoms with Crippen molar-refractivity contribution in [2.24, 2.45) is 0 Å². The maximum atomic E-state index is 13.2. The fourth-order valence-corrected chi connectivity index (χ4v) is 5.99. The van der Waals surface area contributed by atoms with Gasteiger partial charge in [-0.1, -0.05) is 54.6 Å². The van der Waals surface area contributed by atoms with Crippen LogP contribution in [0.15, 0.2) is 83.9 Å². The number of imide groups is 1. The lowest BCUT2D eigenvalue weighted by molar-refractivity contribution is -0.384. The molecular formula is C30H24N4O5S. The molecule has 6 rings (SSSR count). The highest BCUT2D eigenvalue weighted by atomic mass is 32.2. The summed E-state index contributed by atoms with van der Waals surface area (Å²) in [6, 6.07) is 22.1. The molecule has 0 spiro atoms. The van der Waals surface area contributed by atoms with Gasteiger partial charge in [0.1, 0.15) is 6.54 Å². The Bertz CT molecular complexity index is 1710. The fourth-order valence-electron chi connectivity index (χ4n) is 5.16. The summed E-state index contributed by atoms with van der Waals surface area (Å²) in [5.41, 5.74) is 4.90. The Labute approximate surface area is 233 Å². The number of amides is 3. The van der Waals surface area contributed by atoms with Crippen LogP contribution in [0.25, 0.3) is 17.0 Å². The summed E-state index contributed by atoms with van der Waals surface area (Å²) in [5, 5.41) is 11.4. The lowest BCUT2D eigenvalue weighted by Crippen LogP contribution is -2.44. The van der Waals surface area contributed by atoms with Crippen molar-refractivity contribution in [1.29, 1.82) is 0 Å². The number of carbonyl (C=O) groups excluding carboxylic acids is 3. The molecule has 4 aromatic rings. The zero-order chi connectivity index (χ0) is 27.8. The molecule has 0 unspecified atom stereocenters. The van der Waals surface area contributed by atoms with E-state index in [1.165, 1.54) is 17.7 Å². The largest absolute Gasteiger partial charge is 0.342 e. The number of non-ortho nitro benzene ring substituents is 1.